The second-order valence-electron chi connectivity index (χ2n) is 6.19. The minimum absolute atomic E-state index is 0.0288. The molecule has 0 radical (unpaired) electrons. The molecule has 132 valence electrons. The predicted molar refractivity (Wildman–Crippen MR) is 100 cm³/mol. The van der Waals surface area contributed by atoms with E-state index in [1.165, 1.54) is 11.3 Å². The van der Waals surface area contributed by atoms with Crippen LogP contribution in [0.2, 0.25) is 0 Å². The maximum absolute atomic E-state index is 12.9. The number of amides is 2. The summed E-state index contributed by atoms with van der Waals surface area (Å²) in [7, 11) is 0. The van der Waals surface area contributed by atoms with Gasteiger partial charge in [-0.3, -0.25) is 0 Å². The van der Waals surface area contributed by atoms with Gasteiger partial charge in [-0.15, -0.1) is 11.3 Å². The fraction of sp³-hybridized carbons (Fsp3) is 0.333. The summed E-state index contributed by atoms with van der Waals surface area (Å²) >= 11 is 1.47. The number of carbonyl (C=O) groups is 1. The topological polar surface area (TPSA) is 75.8 Å². The molecule has 7 nitrogen and oxygen atoms in total. The number of carbonyl (C=O) groups excluding carboxylic acids is 1. The van der Waals surface area contributed by atoms with Crippen LogP contribution in [0, 0.1) is 11.3 Å². The van der Waals surface area contributed by atoms with Crippen LogP contribution in [0.25, 0.3) is 0 Å². The predicted octanol–water partition coefficient (Wildman–Crippen LogP) is 2.69. The highest BCUT2D eigenvalue weighted by molar-refractivity contribution is 7.13. The monoisotopic (exact) mass is 366 g/mol. The molecule has 0 spiro atoms. The maximum atomic E-state index is 12.9. The Bertz CT molecular complexity index is 850. The Morgan fingerprint density at radius 2 is 1.96 bits per heavy atom. The Labute approximate surface area is 155 Å². The van der Waals surface area contributed by atoms with Crippen molar-refractivity contribution in [3.63, 3.8) is 0 Å². The van der Waals surface area contributed by atoms with Crippen LogP contribution in [0.15, 0.2) is 40.8 Å². The summed E-state index contributed by atoms with van der Waals surface area (Å²) in [6.07, 6.45) is 2.55. The molecular weight excluding hydrogens is 348 g/mol. The number of anilines is 1. The van der Waals surface area contributed by atoms with E-state index >= 15 is 0 Å². The number of hydrazone groups is 1. The van der Waals surface area contributed by atoms with E-state index < -0.39 is 0 Å². The zero-order chi connectivity index (χ0) is 17.9. The van der Waals surface area contributed by atoms with Gasteiger partial charge in [0.2, 0.25) is 0 Å². The molecule has 4 rings (SSSR count). The van der Waals surface area contributed by atoms with Crippen LogP contribution in [0.3, 0.4) is 0 Å². The Balaban J connectivity index is 1.40. The van der Waals surface area contributed by atoms with Gasteiger partial charge >= 0.3 is 6.03 Å². The molecule has 2 amide bonds. The molecule has 1 fully saturated rings. The highest BCUT2D eigenvalue weighted by atomic mass is 32.1. The van der Waals surface area contributed by atoms with Crippen LogP contribution in [0.1, 0.15) is 23.7 Å². The summed E-state index contributed by atoms with van der Waals surface area (Å²) in [6.45, 7) is 2.65. The van der Waals surface area contributed by atoms with Gasteiger partial charge in [-0.2, -0.15) is 10.4 Å². The quantitative estimate of drug-likeness (QED) is 0.819. The summed E-state index contributed by atoms with van der Waals surface area (Å²) in [5.74, 6) is 0. The first-order valence-electron chi connectivity index (χ1n) is 8.52. The lowest BCUT2D eigenvalue weighted by molar-refractivity contribution is 0.139. The lowest BCUT2D eigenvalue weighted by Gasteiger charge is -2.36. The van der Waals surface area contributed by atoms with Gasteiger partial charge in [0.15, 0.2) is 10.8 Å². The van der Waals surface area contributed by atoms with Crippen molar-refractivity contribution in [2.75, 3.05) is 31.1 Å². The molecule has 8 heteroatoms. The lowest BCUT2D eigenvalue weighted by Crippen LogP contribution is -2.52. The fourth-order valence-corrected chi connectivity index (χ4v) is 4.05. The van der Waals surface area contributed by atoms with Crippen molar-refractivity contribution < 1.29 is 4.79 Å². The van der Waals surface area contributed by atoms with E-state index in [1.54, 1.807) is 10.4 Å². The molecule has 0 bridgehead atoms. The van der Waals surface area contributed by atoms with Gasteiger partial charge in [-0.05, 0) is 5.56 Å². The summed E-state index contributed by atoms with van der Waals surface area (Å²) in [5, 5.41) is 17.4. The molecule has 2 aliphatic rings. The normalized spacial score (nSPS) is 19.7. The number of thiazole rings is 1. The lowest BCUT2D eigenvalue weighted by atomic mass is 10.1. The van der Waals surface area contributed by atoms with E-state index in [9.17, 15) is 4.79 Å². The van der Waals surface area contributed by atoms with E-state index in [4.69, 9.17) is 5.26 Å². The van der Waals surface area contributed by atoms with Crippen LogP contribution in [0.5, 0.6) is 0 Å². The summed E-state index contributed by atoms with van der Waals surface area (Å²) in [5.41, 5.74) is 1.55. The van der Waals surface area contributed by atoms with Crippen molar-refractivity contribution in [3.8, 4) is 6.07 Å². The number of hydrogen-bond acceptors (Lipinski definition) is 6. The molecule has 2 aromatic rings. The Kier molecular flexibility index (Phi) is 4.54. The van der Waals surface area contributed by atoms with Gasteiger partial charge < -0.3 is 9.80 Å². The minimum Gasteiger partial charge on any atom is -0.345 e. The van der Waals surface area contributed by atoms with Crippen LogP contribution >= 0.6 is 11.3 Å². The van der Waals surface area contributed by atoms with Crippen molar-refractivity contribution in [1.29, 1.82) is 5.26 Å². The third-order valence-corrected chi connectivity index (χ3v) is 5.54. The number of aromatic nitrogens is 1. The third-order valence-electron chi connectivity index (χ3n) is 4.64. The van der Waals surface area contributed by atoms with Crippen molar-refractivity contribution in [2.24, 2.45) is 5.10 Å². The second kappa shape index (κ2) is 7.14. The molecule has 3 heterocycles. The molecule has 0 saturated carbocycles. The Hall–Kier alpha value is -2.92. The zero-order valence-corrected chi connectivity index (χ0v) is 15.0. The molecular formula is C18H18N6OS. The fourth-order valence-electron chi connectivity index (χ4n) is 3.25. The number of nitriles is 1. The standard InChI is InChI=1S/C18H18N6OS/c19-12-15-13-26-17(21-15)22-8-10-23(11-9-22)18(25)24-16(6-7-20-24)14-4-2-1-3-5-14/h1-5,7,13,16H,6,8-11H2. The van der Waals surface area contributed by atoms with E-state index in [0.717, 1.165) is 17.1 Å². The number of hydrogen-bond donors (Lipinski definition) is 0. The van der Waals surface area contributed by atoms with Crippen molar-refractivity contribution in [2.45, 2.75) is 12.5 Å². The first kappa shape index (κ1) is 16.5. The number of urea groups is 1. The average Bonchev–Trinajstić information content (AvgIpc) is 3.38. The van der Waals surface area contributed by atoms with Gasteiger partial charge in [0.05, 0.1) is 6.04 Å². The van der Waals surface area contributed by atoms with Crippen molar-refractivity contribution in [1.82, 2.24) is 14.9 Å². The van der Waals surface area contributed by atoms with Crippen molar-refractivity contribution in [3.05, 3.63) is 47.0 Å². The largest absolute Gasteiger partial charge is 0.345 e. The van der Waals surface area contributed by atoms with Crippen LogP contribution in [-0.4, -0.2) is 53.3 Å². The number of piperazine rings is 1. The summed E-state index contributed by atoms with van der Waals surface area (Å²) < 4.78 is 0. The molecule has 0 aliphatic carbocycles. The smallest absolute Gasteiger partial charge is 0.341 e. The second-order valence-corrected chi connectivity index (χ2v) is 7.03. The number of rotatable bonds is 2. The zero-order valence-electron chi connectivity index (χ0n) is 14.2. The van der Waals surface area contributed by atoms with E-state index in [0.29, 0.717) is 31.9 Å². The molecule has 1 aromatic heterocycles. The molecule has 1 aromatic carbocycles. The molecule has 1 unspecified atom stereocenters. The van der Waals surface area contributed by atoms with Crippen molar-refractivity contribution >= 4 is 28.7 Å². The molecule has 0 N–H and O–H groups in total. The first-order chi connectivity index (χ1) is 12.8. The van der Waals surface area contributed by atoms with E-state index in [-0.39, 0.29) is 12.1 Å². The molecule has 1 saturated heterocycles. The van der Waals surface area contributed by atoms with Gasteiger partial charge in [-0.1, -0.05) is 30.3 Å². The number of nitrogens with zero attached hydrogens (tertiary/aromatic N) is 6. The molecule has 2 aliphatic heterocycles. The first-order valence-corrected chi connectivity index (χ1v) is 9.40. The van der Waals surface area contributed by atoms with Crippen LogP contribution in [0.4, 0.5) is 9.93 Å². The minimum atomic E-state index is -0.0518. The average molecular weight is 366 g/mol. The Morgan fingerprint density at radius 3 is 2.65 bits per heavy atom. The molecule has 26 heavy (non-hydrogen) atoms. The number of benzene rings is 1. The van der Waals surface area contributed by atoms with E-state index in [1.807, 2.05) is 41.4 Å². The third kappa shape index (κ3) is 3.13. The van der Waals surface area contributed by atoms with Crippen LogP contribution < -0.4 is 4.90 Å². The van der Waals surface area contributed by atoms with Gasteiger partial charge in [0.25, 0.3) is 0 Å². The highest BCUT2D eigenvalue weighted by Gasteiger charge is 2.33. The van der Waals surface area contributed by atoms with Gasteiger partial charge in [0.1, 0.15) is 6.07 Å². The Morgan fingerprint density at radius 1 is 1.19 bits per heavy atom. The molecule has 1 atom stereocenters. The summed E-state index contributed by atoms with van der Waals surface area (Å²) in [6, 6.07) is 12.0. The van der Waals surface area contributed by atoms with Gasteiger partial charge in [-0.25, -0.2) is 14.8 Å². The van der Waals surface area contributed by atoms with E-state index in [2.05, 4.69) is 21.1 Å². The maximum Gasteiger partial charge on any atom is 0.341 e. The summed E-state index contributed by atoms with van der Waals surface area (Å²) in [4.78, 5) is 21.2. The van der Waals surface area contributed by atoms with Gasteiger partial charge in [0, 0.05) is 44.2 Å². The van der Waals surface area contributed by atoms with Crippen LogP contribution in [-0.2, 0) is 0 Å². The highest BCUT2D eigenvalue weighted by Crippen LogP contribution is 2.29. The SMILES string of the molecule is N#Cc1csc(N2CCN(C(=O)N3N=CCC3c3ccccc3)CC2)n1.